The van der Waals surface area contributed by atoms with Crippen LogP contribution in [0.15, 0.2) is 24.3 Å². The Balaban J connectivity index is 1.87. The van der Waals surface area contributed by atoms with Crippen LogP contribution in [0, 0.1) is 11.7 Å². The minimum Gasteiger partial charge on any atom is -0.319 e. The van der Waals surface area contributed by atoms with Crippen molar-refractivity contribution in [2.75, 3.05) is 6.54 Å². The molecule has 1 saturated heterocycles. The molecule has 4 heteroatoms. The topological polar surface area (TPSA) is 32.3 Å². The number of nitrogens with zero attached hydrogens (tertiary/aromatic N) is 1. The first-order valence-corrected chi connectivity index (χ1v) is 6.97. The number of rotatable bonds is 2. The molecule has 3 rings (SSSR count). The highest BCUT2D eigenvalue weighted by molar-refractivity contribution is 5.81. The van der Waals surface area contributed by atoms with Gasteiger partial charge < -0.3 is 4.90 Å². The largest absolute Gasteiger partial charge is 0.319 e. The Hall–Kier alpha value is -1.42. The van der Waals surface area contributed by atoms with Crippen molar-refractivity contribution in [2.45, 2.75) is 38.4 Å². The zero-order chi connectivity index (χ0) is 13.4. The molecular formula is C15H19FN2O. The molecule has 0 aromatic heterocycles. The fourth-order valence-corrected chi connectivity index (χ4v) is 3.36. The van der Waals surface area contributed by atoms with Crippen LogP contribution in [0.1, 0.15) is 37.9 Å². The Morgan fingerprint density at radius 3 is 2.63 bits per heavy atom. The smallest absolute Gasteiger partial charge is 0.238 e. The third-order valence-corrected chi connectivity index (χ3v) is 4.37. The van der Waals surface area contributed by atoms with Crippen molar-refractivity contribution >= 4 is 5.91 Å². The van der Waals surface area contributed by atoms with Gasteiger partial charge >= 0.3 is 0 Å². The van der Waals surface area contributed by atoms with Crippen molar-refractivity contribution in [1.29, 1.82) is 0 Å². The van der Waals surface area contributed by atoms with Crippen LogP contribution < -0.4 is 5.32 Å². The maximum atomic E-state index is 13.0. The Labute approximate surface area is 112 Å². The summed E-state index contributed by atoms with van der Waals surface area (Å²) in [7, 11) is 0. The van der Waals surface area contributed by atoms with Crippen LogP contribution in [0.2, 0.25) is 0 Å². The van der Waals surface area contributed by atoms with Gasteiger partial charge in [0, 0.05) is 6.04 Å². The van der Waals surface area contributed by atoms with Gasteiger partial charge in [-0.15, -0.1) is 0 Å². The van der Waals surface area contributed by atoms with Gasteiger partial charge in [0.25, 0.3) is 0 Å². The molecule has 1 aromatic carbocycles. The molecule has 1 N–H and O–H groups in total. The highest BCUT2D eigenvalue weighted by Gasteiger charge is 2.40. The monoisotopic (exact) mass is 262 g/mol. The van der Waals surface area contributed by atoms with E-state index in [2.05, 4.69) is 12.2 Å². The normalized spacial score (nSPS) is 31.2. The number of hydrogen-bond donors (Lipinski definition) is 1. The van der Waals surface area contributed by atoms with Crippen LogP contribution >= 0.6 is 0 Å². The molecule has 0 spiro atoms. The fraction of sp³-hybridized carbons (Fsp3) is 0.533. The summed E-state index contributed by atoms with van der Waals surface area (Å²) >= 11 is 0. The van der Waals surface area contributed by atoms with Crippen molar-refractivity contribution in [3.63, 3.8) is 0 Å². The van der Waals surface area contributed by atoms with Crippen molar-refractivity contribution in [2.24, 2.45) is 5.92 Å². The van der Waals surface area contributed by atoms with Crippen LogP contribution in [0.25, 0.3) is 0 Å². The van der Waals surface area contributed by atoms with Crippen LogP contribution in [0.3, 0.4) is 0 Å². The summed E-state index contributed by atoms with van der Waals surface area (Å²) in [6.07, 6.45) is 3.35. The first-order valence-electron chi connectivity index (χ1n) is 6.97. The molecule has 1 aliphatic carbocycles. The minimum atomic E-state index is -0.242. The first kappa shape index (κ1) is 12.6. The number of nitrogens with one attached hydrogen (secondary N) is 1. The second-order valence-electron chi connectivity index (χ2n) is 5.61. The number of carbonyl (C=O) groups is 1. The van der Waals surface area contributed by atoms with E-state index in [9.17, 15) is 9.18 Å². The Kier molecular flexibility index (Phi) is 3.27. The fourth-order valence-electron chi connectivity index (χ4n) is 3.36. The number of amides is 1. The molecular weight excluding hydrogens is 243 g/mol. The quantitative estimate of drug-likeness (QED) is 0.888. The lowest BCUT2D eigenvalue weighted by molar-refractivity contribution is -0.131. The van der Waals surface area contributed by atoms with Gasteiger partial charge in [-0.05, 0) is 36.5 Å². The molecule has 1 heterocycles. The molecule has 102 valence electrons. The highest BCUT2D eigenvalue weighted by Crippen LogP contribution is 2.35. The predicted octanol–water partition coefficient (Wildman–Crippen LogP) is 2.44. The SMILES string of the molecule is CC1CCCC1N1C(=O)CNC1c1ccc(F)cc1. The Morgan fingerprint density at radius 1 is 1.26 bits per heavy atom. The molecule has 3 atom stereocenters. The van der Waals surface area contributed by atoms with Crippen molar-refractivity contribution < 1.29 is 9.18 Å². The number of benzene rings is 1. The predicted molar refractivity (Wildman–Crippen MR) is 70.8 cm³/mol. The molecule has 1 saturated carbocycles. The van der Waals surface area contributed by atoms with E-state index in [1.807, 2.05) is 4.90 Å². The van der Waals surface area contributed by atoms with Crippen LogP contribution in [0.4, 0.5) is 4.39 Å². The van der Waals surface area contributed by atoms with Gasteiger partial charge in [-0.2, -0.15) is 0 Å². The molecule has 2 fully saturated rings. The van der Waals surface area contributed by atoms with Gasteiger partial charge in [-0.25, -0.2) is 4.39 Å². The maximum Gasteiger partial charge on any atom is 0.238 e. The lowest BCUT2D eigenvalue weighted by Crippen LogP contribution is -2.41. The van der Waals surface area contributed by atoms with Gasteiger partial charge in [0.1, 0.15) is 12.0 Å². The van der Waals surface area contributed by atoms with Gasteiger partial charge in [0.15, 0.2) is 0 Å². The van der Waals surface area contributed by atoms with E-state index in [1.165, 1.54) is 25.0 Å². The van der Waals surface area contributed by atoms with Crippen LogP contribution in [-0.2, 0) is 4.79 Å². The average molecular weight is 262 g/mol. The maximum absolute atomic E-state index is 13.0. The minimum absolute atomic E-state index is 0.0985. The molecule has 0 bridgehead atoms. The highest BCUT2D eigenvalue weighted by atomic mass is 19.1. The third-order valence-electron chi connectivity index (χ3n) is 4.37. The molecule has 2 aliphatic rings. The van der Waals surface area contributed by atoms with Crippen LogP contribution in [0.5, 0.6) is 0 Å². The van der Waals surface area contributed by atoms with Crippen molar-refractivity contribution in [1.82, 2.24) is 10.2 Å². The van der Waals surface area contributed by atoms with E-state index in [0.717, 1.165) is 12.0 Å². The van der Waals surface area contributed by atoms with Gasteiger partial charge in [-0.1, -0.05) is 25.5 Å². The molecule has 3 unspecified atom stereocenters. The number of halogens is 1. The van der Waals surface area contributed by atoms with E-state index in [4.69, 9.17) is 0 Å². The lowest BCUT2D eigenvalue weighted by Gasteiger charge is -2.33. The van der Waals surface area contributed by atoms with E-state index < -0.39 is 0 Å². The standard InChI is InChI=1S/C15H19FN2O/c1-10-3-2-4-13(10)18-14(19)9-17-15(18)11-5-7-12(16)8-6-11/h5-8,10,13,15,17H,2-4,9H2,1H3. The van der Waals surface area contributed by atoms with E-state index in [-0.39, 0.29) is 17.9 Å². The molecule has 0 radical (unpaired) electrons. The van der Waals surface area contributed by atoms with E-state index >= 15 is 0 Å². The second kappa shape index (κ2) is 4.93. The zero-order valence-electron chi connectivity index (χ0n) is 11.1. The van der Waals surface area contributed by atoms with Gasteiger partial charge in [0.05, 0.1) is 6.54 Å². The summed E-state index contributed by atoms with van der Waals surface area (Å²) in [5, 5.41) is 3.24. The second-order valence-corrected chi connectivity index (χ2v) is 5.61. The van der Waals surface area contributed by atoms with Gasteiger partial charge in [0.2, 0.25) is 5.91 Å². The molecule has 1 aromatic rings. The van der Waals surface area contributed by atoms with E-state index in [1.54, 1.807) is 12.1 Å². The summed E-state index contributed by atoms with van der Waals surface area (Å²) in [5.41, 5.74) is 0.964. The van der Waals surface area contributed by atoms with E-state index in [0.29, 0.717) is 18.5 Å². The number of carbonyl (C=O) groups excluding carboxylic acids is 1. The van der Waals surface area contributed by atoms with Gasteiger partial charge in [-0.3, -0.25) is 10.1 Å². The Morgan fingerprint density at radius 2 is 2.00 bits per heavy atom. The molecule has 19 heavy (non-hydrogen) atoms. The molecule has 1 amide bonds. The summed E-state index contributed by atoms with van der Waals surface area (Å²) in [6, 6.07) is 6.75. The summed E-state index contributed by atoms with van der Waals surface area (Å²) in [4.78, 5) is 14.1. The average Bonchev–Trinajstić information content (AvgIpc) is 2.96. The summed E-state index contributed by atoms with van der Waals surface area (Å²) < 4.78 is 13.0. The summed E-state index contributed by atoms with van der Waals surface area (Å²) in [6.45, 7) is 2.59. The molecule has 3 nitrogen and oxygen atoms in total. The number of hydrogen-bond acceptors (Lipinski definition) is 2. The first-order chi connectivity index (χ1) is 9.16. The van der Waals surface area contributed by atoms with Crippen molar-refractivity contribution in [3.05, 3.63) is 35.6 Å². The lowest BCUT2D eigenvalue weighted by atomic mass is 10.0. The zero-order valence-corrected chi connectivity index (χ0v) is 11.1. The van der Waals surface area contributed by atoms with Crippen molar-refractivity contribution in [3.8, 4) is 0 Å². The Bertz CT molecular complexity index is 474. The summed E-state index contributed by atoms with van der Waals surface area (Å²) in [5.74, 6) is 0.466. The molecule has 1 aliphatic heterocycles. The third kappa shape index (κ3) is 2.25. The van der Waals surface area contributed by atoms with Crippen LogP contribution in [-0.4, -0.2) is 23.4 Å².